The number of aliphatic imine (C=N–C) groups is 1. The zero-order chi connectivity index (χ0) is 18.1. The third kappa shape index (κ3) is 5.44. The molecule has 0 saturated heterocycles. The van der Waals surface area contributed by atoms with E-state index in [0.717, 1.165) is 41.7 Å². The molecular formula is C19H31N3O3. The zero-order valence-electron chi connectivity index (χ0n) is 15.9. The van der Waals surface area contributed by atoms with E-state index < -0.39 is 0 Å². The SMILES string of the molecule is CCNC(=NCCc1c(OC)cc(OC)cc1OC)NC1CCCC1. The molecule has 6 nitrogen and oxygen atoms in total. The van der Waals surface area contributed by atoms with Crippen molar-refractivity contribution in [2.75, 3.05) is 34.4 Å². The number of benzene rings is 1. The van der Waals surface area contributed by atoms with Crippen LogP contribution in [-0.2, 0) is 6.42 Å². The summed E-state index contributed by atoms with van der Waals surface area (Å²) in [5, 5.41) is 6.86. The molecule has 0 spiro atoms. The van der Waals surface area contributed by atoms with Gasteiger partial charge in [0.25, 0.3) is 0 Å². The Kier molecular flexibility index (Phi) is 7.70. The van der Waals surface area contributed by atoms with Gasteiger partial charge in [-0.2, -0.15) is 0 Å². The van der Waals surface area contributed by atoms with Crippen molar-refractivity contribution in [2.45, 2.75) is 45.1 Å². The van der Waals surface area contributed by atoms with E-state index in [2.05, 4.69) is 17.6 Å². The van der Waals surface area contributed by atoms with Crippen molar-refractivity contribution < 1.29 is 14.2 Å². The normalized spacial score (nSPS) is 15.1. The molecule has 0 atom stereocenters. The Hall–Kier alpha value is -2.11. The second-order valence-electron chi connectivity index (χ2n) is 6.15. The molecule has 1 aliphatic rings. The van der Waals surface area contributed by atoms with Crippen molar-refractivity contribution in [1.29, 1.82) is 0 Å². The highest BCUT2D eigenvalue weighted by Crippen LogP contribution is 2.34. The molecule has 1 aliphatic carbocycles. The summed E-state index contributed by atoms with van der Waals surface area (Å²) >= 11 is 0. The van der Waals surface area contributed by atoms with Gasteiger partial charge in [-0.1, -0.05) is 12.8 Å². The van der Waals surface area contributed by atoms with Crippen LogP contribution in [0.15, 0.2) is 17.1 Å². The molecule has 0 radical (unpaired) electrons. The lowest BCUT2D eigenvalue weighted by Gasteiger charge is -2.17. The van der Waals surface area contributed by atoms with Crippen LogP contribution in [-0.4, -0.2) is 46.4 Å². The Balaban J connectivity index is 2.06. The van der Waals surface area contributed by atoms with Crippen LogP contribution in [0.3, 0.4) is 0 Å². The summed E-state index contributed by atoms with van der Waals surface area (Å²) < 4.78 is 16.3. The lowest BCUT2D eigenvalue weighted by atomic mass is 10.1. The molecule has 0 unspecified atom stereocenters. The van der Waals surface area contributed by atoms with E-state index in [4.69, 9.17) is 19.2 Å². The number of hydrogen-bond acceptors (Lipinski definition) is 4. The summed E-state index contributed by atoms with van der Waals surface area (Å²) in [5.74, 6) is 3.14. The van der Waals surface area contributed by atoms with E-state index >= 15 is 0 Å². The van der Waals surface area contributed by atoms with Gasteiger partial charge in [0.05, 0.1) is 21.3 Å². The molecule has 2 N–H and O–H groups in total. The van der Waals surface area contributed by atoms with Gasteiger partial charge in [-0.05, 0) is 26.2 Å². The standard InChI is InChI=1S/C19H31N3O3/c1-5-20-19(22-14-8-6-7-9-14)21-11-10-16-17(24-3)12-15(23-2)13-18(16)25-4/h12-14H,5-11H2,1-4H3,(H2,20,21,22). The predicted octanol–water partition coefficient (Wildman–Crippen LogP) is 2.75. The number of ether oxygens (including phenoxy) is 3. The summed E-state index contributed by atoms with van der Waals surface area (Å²) in [6.45, 7) is 3.59. The quantitative estimate of drug-likeness (QED) is 0.558. The van der Waals surface area contributed by atoms with E-state index in [1.165, 1.54) is 25.7 Å². The Morgan fingerprint density at radius 3 is 2.24 bits per heavy atom. The Morgan fingerprint density at radius 2 is 1.72 bits per heavy atom. The molecule has 1 fully saturated rings. The first-order chi connectivity index (χ1) is 12.2. The van der Waals surface area contributed by atoms with Crippen LogP contribution in [0.1, 0.15) is 38.2 Å². The maximum absolute atomic E-state index is 5.50. The van der Waals surface area contributed by atoms with E-state index in [-0.39, 0.29) is 0 Å². The molecule has 1 aromatic rings. The van der Waals surface area contributed by atoms with Gasteiger partial charge < -0.3 is 24.8 Å². The van der Waals surface area contributed by atoms with Crippen LogP contribution < -0.4 is 24.8 Å². The Bertz CT molecular complexity index is 544. The third-order valence-corrected chi connectivity index (χ3v) is 4.49. The van der Waals surface area contributed by atoms with Gasteiger partial charge in [0, 0.05) is 36.8 Å². The van der Waals surface area contributed by atoms with Crippen LogP contribution in [0, 0.1) is 0 Å². The van der Waals surface area contributed by atoms with Gasteiger partial charge >= 0.3 is 0 Å². The molecule has 0 bridgehead atoms. The van der Waals surface area contributed by atoms with Gasteiger partial charge in [0.1, 0.15) is 17.2 Å². The second-order valence-corrected chi connectivity index (χ2v) is 6.15. The summed E-state index contributed by atoms with van der Waals surface area (Å²) in [6, 6.07) is 4.30. The van der Waals surface area contributed by atoms with Gasteiger partial charge in [-0.15, -0.1) is 0 Å². The number of hydrogen-bond donors (Lipinski definition) is 2. The number of nitrogens with one attached hydrogen (secondary N) is 2. The number of methoxy groups -OCH3 is 3. The van der Waals surface area contributed by atoms with Crippen molar-refractivity contribution in [3.8, 4) is 17.2 Å². The molecular weight excluding hydrogens is 318 g/mol. The second kappa shape index (κ2) is 10.0. The fraction of sp³-hybridized carbons (Fsp3) is 0.632. The molecule has 2 rings (SSSR count). The average Bonchev–Trinajstić information content (AvgIpc) is 3.14. The van der Waals surface area contributed by atoms with Crippen LogP contribution in [0.5, 0.6) is 17.2 Å². The van der Waals surface area contributed by atoms with Crippen LogP contribution in [0.25, 0.3) is 0 Å². The first kappa shape index (κ1) is 19.2. The number of nitrogens with zero attached hydrogens (tertiary/aromatic N) is 1. The molecule has 0 aliphatic heterocycles. The Labute approximate surface area is 151 Å². The van der Waals surface area contributed by atoms with Crippen LogP contribution in [0.4, 0.5) is 0 Å². The third-order valence-electron chi connectivity index (χ3n) is 4.49. The van der Waals surface area contributed by atoms with Crippen molar-refractivity contribution in [2.24, 2.45) is 4.99 Å². The summed E-state index contributed by atoms with van der Waals surface area (Å²) in [6.07, 6.45) is 5.79. The average molecular weight is 349 g/mol. The lowest BCUT2D eigenvalue weighted by molar-refractivity contribution is 0.369. The first-order valence-corrected chi connectivity index (χ1v) is 9.05. The lowest BCUT2D eigenvalue weighted by Crippen LogP contribution is -2.42. The largest absolute Gasteiger partial charge is 0.496 e. The highest BCUT2D eigenvalue weighted by molar-refractivity contribution is 5.80. The van der Waals surface area contributed by atoms with E-state index in [1.807, 2.05) is 12.1 Å². The van der Waals surface area contributed by atoms with Gasteiger partial charge in [-0.25, -0.2) is 0 Å². The van der Waals surface area contributed by atoms with Gasteiger partial charge in [-0.3, -0.25) is 4.99 Å². The molecule has 0 aromatic heterocycles. The van der Waals surface area contributed by atoms with E-state index in [0.29, 0.717) is 12.6 Å². The van der Waals surface area contributed by atoms with Crippen LogP contribution >= 0.6 is 0 Å². The highest BCUT2D eigenvalue weighted by Gasteiger charge is 2.16. The van der Waals surface area contributed by atoms with Crippen molar-refractivity contribution >= 4 is 5.96 Å². The molecule has 0 amide bonds. The summed E-state index contributed by atoms with van der Waals surface area (Å²) in [4.78, 5) is 4.72. The van der Waals surface area contributed by atoms with Gasteiger partial charge in [0.15, 0.2) is 5.96 Å². The van der Waals surface area contributed by atoms with Gasteiger partial charge in [0.2, 0.25) is 0 Å². The van der Waals surface area contributed by atoms with Crippen molar-refractivity contribution in [1.82, 2.24) is 10.6 Å². The molecule has 25 heavy (non-hydrogen) atoms. The topological polar surface area (TPSA) is 64.1 Å². The summed E-state index contributed by atoms with van der Waals surface area (Å²) in [7, 11) is 4.95. The molecule has 1 aromatic carbocycles. The highest BCUT2D eigenvalue weighted by atomic mass is 16.5. The van der Waals surface area contributed by atoms with E-state index in [1.54, 1.807) is 21.3 Å². The zero-order valence-corrected chi connectivity index (χ0v) is 15.9. The fourth-order valence-electron chi connectivity index (χ4n) is 3.19. The molecule has 6 heteroatoms. The first-order valence-electron chi connectivity index (χ1n) is 9.05. The van der Waals surface area contributed by atoms with Crippen molar-refractivity contribution in [3.05, 3.63) is 17.7 Å². The molecule has 1 saturated carbocycles. The van der Waals surface area contributed by atoms with Crippen molar-refractivity contribution in [3.63, 3.8) is 0 Å². The number of guanidine groups is 1. The Morgan fingerprint density at radius 1 is 1.08 bits per heavy atom. The number of rotatable bonds is 8. The maximum Gasteiger partial charge on any atom is 0.191 e. The fourth-order valence-corrected chi connectivity index (χ4v) is 3.19. The van der Waals surface area contributed by atoms with E-state index in [9.17, 15) is 0 Å². The molecule has 0 heterocycles. The monoisotopic (exact) mass is 349 g/mol. The minimum Gasteiger partial charge on any atom is -0.496 e. The van der Waals surface area contributed by atoms with Crippen LogP contribution in [0.2, 0.25) is 0 Å². The maximum atomic E-state index is 5.50. The minimum atomic E-state index is 0.544. The smallest absolute Gasteiger partial charge is 0.191 e. The predicted molar refractivity (Wildman–Crippen MR) is 101 cm³/mol. The minimum absolute atomic E-state index is 0.544. The molecule has 140 valence electrons. The summed E-state index contributed by atoms with van der Waals surface area (Å²) in [5.41, 5.74) is 1.01.